The number of rotatable bonds is 5. The van der Waals surface area contributed by atoms with Gasteiger partial charge in [0.15, 0.2) is 5.76 Å². The van der Waals surface area contributed by atoms with Gasteiger partial charge in [-0.15, -0.1) is 0 Å². The number of nitro benzene ring substituents is 1. The first-order chi connectivity index (χ1) is 14.9. The quantitative estimate of drug-likeness (QED) is 0.446. The Labute approximate surface area is 183 Å². The number of carbonyl (C=O) groups excluding carboxylic acids is 1. The number of halogens is 1. The van der Waals surface area contributed by atoms with Crippen LogP contribution in [-0.4, -0.2) is 37.1 Å². The number of morpholine rings is 1. The highest BCUT2D eigenvalue weighted by molar-refractivity contribution is 6.33. The molecule has 0 saturated carbocycles. The second-order valence-corrected chi connectivity index (χ2v) is 7.55. The summed E-state index contributed by atoms with van der Waals surface area (Å²) >= 11 is 6.42. The fourth-order valence-electron chi connectivity index (χ4n) is 3.48. The van der Waals surface area contributed by atoms with E-state index in [9.17, 15) is 14.9 Å². The SMILES string of the molecule is Cc1cc([N+](=O)[O-])ccc1-c1ccc(C(=O)Nc2ccc(N3CCOCC3)c(Cl)c2)o1. The van der Waals surface area contributed by atoms with Gasteiger partial charge in [-0.2, -0.15) is 0 Å². The van der Waals surface area contributed by atoms with Crippen LogP contribution in [0.1, 0.15) is 16.1 Å². The number of anilines is 2. The number of nitro groups is 1. The topological polar surface area (TPSA) is 97.8 Å². The average molecular weight is 442 g/mol. The number of hydrogen-bond acceptors (Lipinski definition) is 6. The van der Waals surface area contributed by atoms with E-state index in [4.69, 9.17) is 20.8 Å². The van der Waals surface area contributed by atoms with E-state index in [-0.39, 0.29) is 11.4 Å². The van der Waals surface area contributed by atoms with E-state index in [1.807, 2.05) is 6.07 Å². The number of nitrogens with zero attached hydrogens (tertiary/aromatic N) is 2. The van der Waals surface area contributed by atoms with E-state index in [2.05, 4.69) is 10.2 Å². The third-order valence-corrected chi connectivity index (χ3v) is 5.38. The van der Waals surface area contributed by atoms with Crippen molar-refractivity contribution in [1.29, 1.82) is 0 Å². The second kappa shape index (κ2) is 8.79. The van der Waals surface area contributed by atoms with Crippen LogP contribution >= 0.6 is 11.6 Å². The molecule has 2 aromatic carbocycles. The normalized spacial score (nSPS) is 13.8. The van der Waals surface area contributed by atoms with Gasteiger partial charge in [0.2, 0.25) is 0 Å². The van der Waals surface area contributed by atoms with Crippen LogP contribution in [0.15, 0.2) is 52.9 Å². The molecule has 1 aliphatic rings. The molecule has 3 aromatic rings. The number of benzene rings is 2. The van der Waals surface area contributed by atoms with Crippen LogP contribution in [0.4, 0.5) is 17.1 Å². The Hall–Kier alpha value is -3.36. The lowest BCUT2D eigenvalue weighted by Gasteiger charge is -2.29. The summed E-state index contributed by atoms with van der Waals surface area (Å²) in [6.45, 7) is 4.60. The van der Waals surface area contributed by atoms with Gasteiger partial charge in [-0.25, -0.2) is 0 Å². The van der Waals surface area contributed by atoms with E-state index in [0.717, 1.165) is 18.8 Å². The molecule has 1 fully saturated rings. The third-order valence-electron chi connectivity index (χ3n) is 5.07. The molecule has 0 atom stereocenters. The molecule has 1 saturated heterocycles. The molecule has 4 rings (SSSR count). The number of aryl methyl sites for hydroxylation is 1. The zero-order valence-electron chi connectivity index (χ0n) is 16.8. The summed E-state index contributed by atoms with van der Waals surface area (Å²) in [4.78, 5) is 25.2. The van der Waals surface area contributed by atoms with Crippen LogP contribution in [0.5, 0.6) is 0 Å². The van der Waals surface area contributed by atoms with Crippen molar-refractivity contribution >= 4 is 34.6 Å². The predicted molar refractivity (Wildman–Crippen MR) is 118 cm³/mol. The van der Waals surface area contributed by atoms with Crippen molar-refractivity contribution < 1.29 is 18.9 Å². The number of nitrogens with one attached hydrogen (secondary N) is 1. The summed E-state index contributed by atoms with van der Waals surface area (Å²) in [5, 5.41) is 14.2. The van der Waals surface area contributed by atoms with Crippen LogP contribution in [0, 0.1) is 17.0 Å². The molecular weight excluding hydrogens is 422 g/mol. The summed E-state index contributed by atoms with van der Waals surface area (Å²) in [6.07, 6.45) is 0. The molecule has 0 aliphatic carbocycles. The van der Waals surface area contributed by atoms with E-state index in [1.54, 1.807) is 37.3 Å². The van der Waals surface area contributed by atoms with Gasteiger partial charge in [0.05, 0.1) is 28.8 Å². The zero-order valence-corrected chi connectivity index (χ0v) is 17.5. The lowest BCUT2D eigenvalue weighted by Crippen LogP contribution is -2.36. The summed E-state index contributed by atoms with van der Waals surface area (Å²) in [6, 6.07) is 13.1. The number of ether oxygens (including phenoxy) is 1. The molecule has 9 heteroatoms. The molecule has 2 heterocycles. The Balaban J connectivity index is 1.48. The molecule has 1 aromatic heterocycles. The standard InChI is InChI=1S/C22H20ClN3O5/c1-14-12-16(26(28)29)3-4-17(14)20-6-7-21(31-20)22(27)24-15-2-5-19(18(23)13-15)25-8-10-30-11-9-25/h2-7,12-13H,8-11H2,1H3,(H,24,27). The van der Waals surface area contributed by atoms with Gasteiger partial charge in [0, 0.05) is 36.5 Å². The van der Waals surface area contributed by atoms with Gasteiger partial charge in [0.25, 0.3) is 11.6 Å². The highest BCUT2D eigenvalue weighted by atomic mass is 35.5. The van der Waals surface area contributed by atoms with Crippen molar-refractivity contribution in [2.75, 3.05) is 36.5 Å². The largest absolute Gasteiger partial charge is 0.451 e. The Morgan fingerprint density at radius 3 is 2.58 bits per heavy atom. The highest BCUT2D eigenvalue weighted by Crippen LogP contribution is 2.31. The number of hydrogen-bond donors (Lipinski definition) is 1. The molecule has 1 aliphatic heterocycles. The minimum absolute atomic E-state index is 0.00294. The molecule has 1 N–H and O–H groups in total. The van der Waals surface area contributed by atoms with Crippen molar-refractivity contribution in [3.8, 4) is 11.3 Å². The minimum Gasteiger partial charge on any atom is -0.451 e. The first kappa shape index (κ1) is 20.9. The Morgan fingerprint density at radius 1 is 1.13 bits per heavy atom. The summed E-state index contributed by atoms with van der Waals surface area (Å²) in [7, 11) is 0. The molecule has 8 nitrogen and oxygen atoms in total. The van der Waals surface area contributed by atoms with Gasteiger partial charge in [0.1, 0.15) is 5.76 Å². The maximum Gasteiger partial charge on any atom is 0.291 e. The molecule has 160 valence electrons. The van der Waals surface area contributed by atoms with E-state index in [1.165, 1.54) is 12.1 Å². The predicted octanol–water partition coefficient (Wildman–Crippen LogP) is 4.91. The van der Waals surface area contributed by atoms with Crippen LogP contribution in [0.3, 0.4) is 0 Å². The molecule has 31 heavy (non-hydrogen) atoms. The van der Waals surface area contributed by atoms with Gasteiger partial charge < -0.3 is 19.4 Å². The molecule has 0 bridgehead atoms. The van der Waals surface area contributed by atoms with E-state index < -0.39 is 10.8 Å². The van der Waals surface area contributed by atoms with Gasteiger partial charge in [-0.1, -0.05) is 11.6 Å². The van der Waals surface area contributed by atoms with Crippen molar-refractivity contribution in [1.82, 2.24) is 0 Å². The first-order valence-electron chi connectivity index (χ1n) is 9.71. The number of carbonyl (C=O) groups is 1. The lowest BCUT2D eigenvalue weighted by atomic mass is 10.1. The summed E-state index contributed by atoms with van der Waals surface area (Å²) in [5.41, 5.74) is 2.82. The third kappa shape index (κ3) is 4.55. The van der Waals surface area contributed by atoms with Crippen LogP contribution in [0.2, 0.25) is 5.02 Å². The Morgan fingerprint density at radius 2 is 1.90 bits per heavy atom. The van der Waals surface area contributed by atoms with Crippen molar-refractivity contribution in [2.24, 2.45) is 0 Å². The molecule has 1 amide bonds. The van der Waals surface area contributed by atoms with Gasteiger partial charge >= 0.3 is 0 Å². The summed E-state index contributed by atoms with van der Waals surface area (Å²) in [5.74, 6) is 0.167. The zero-order chi connectivity index (χ0) is 22.0. The maximum atomic E-state index is 12.6. The van der Waals surface area contributed by atoms with Crippen LogP contribution in [0.25, 0.3) is 11.3 Å². The molecule has 0 unspecified atom stereocenters. The van der Waals surface area contributed by atoms with Crippen LogP contribution < -0.4 is 10.2 Å². The monoisotopic (exact) mass is 441 g/mol. The Kier molecular flexibility index (Phi) is 5.92. The molecular formula is C22H20ClN3O5. The lowest BCUT2D eigenvalue weighted by molar-refractivity contribution is -0.384. The summed E-state index contributed by atoms with van der Waals surface area (Å²) < 4.78 is 11.1. The first-order valence-corrected chi connectivity index (χ1v) is 10.1. The Bertz CT molecular complexity index is 1140. The maximum absolute atomic E-state index is 12.6. The number of furan rings is 1. The van der Waals surface area contributed by atoms with Crippen molar-refractivity contribution in [3.05, 3.63) is 75.0 Å². The second-order valence-electron chi connectivity index (χ2n) is 7.14. The highest BCUT2D eigenvalue weighted by Gasteiger charge is 2.18. The van der Waals surface area contributed by atoms with E-state index in [0.29, 0.717) is 40.8 Å². The van der Waals surface area contributed by atoms with Gasteiger partial charge in [-0.3, -0.25) is 14.9 Å². The van der Waals surface area contributed by atoms with Crippen molar-refractivity contribution in [2.45, 2.75) is 6.92 Å². The van der Waals surface area contributed by atoms with E-state index >= 15 is 0 Å². The molecule has 0 spiro atoms. The fraction of sp³-hybridized carbons (Fsp3) is 0.227. The smallest absolute Gasteiger partial charge is 0.291 e. The molecule has 0 radical (unpaired) electrons. The minimum atomic E-state index is -0.451. The fourth-order valence-corrected chi connectivity index (χ4v) is 3.78. The van der Waals surface area contributed by atoms with Crippen molar-refractivity contribution in [3.63, 3.8) is 0 Å². The van der Waals surface area contributed by atoms with Gasteiger partial charge in [-0.05, 0) is 48.9 Å². The number of amides is 1. The average Bonchev–Trinajstić information content (AvgIpc) is 3.24. The van der Waals surface area contributed by atoms with Crippen LogP contribution in [-0.2, 0) is 4.74 Å². The number of non-ortho nitro benzene ring substituents is 1.